The van der Waals surface area contributed by atoms with E-state index in [0.29, 0.717) is 16.9 Å². The van der Waals surface area contributed by atoms with Crippen LogP contribution < -0.4 is 4.90 Å². The van der Waals surface area contributed by atoms with Crippen LogP contribution in [0.2, 0.25) is 0 Å². The van der Waals surface area contributed by atoms with E-state index in [-0.39, 0.29) is 0 Å². The number of rotatable bonds is 4. The second-order valence-electron chi connectivity index (χ2n) is 9.36. The van der Waals surface area contributed by atoms with Gasteiger partial charge in [0.1, 0.15) is 17.8 Å². The summed E-state index contributed by atoms with van der Waals surface area (Å²) in [4.78, 5) is 17.2. The number of benzene rings is 1. The highest BCUT2D eigenvalue weighted by Gasteiger charge is 2.58. The molecule has 0 bridgehead atoms. The highest BCUT2D eigenvalue weighted by atomic mass is 15.2. The first-order valence-electron chi connectivity index (χ1n) is 10.2. The Bertz CT molecular complexity index is 963. The van der Waals surface area contributed by atoms with Crippen molar-refractivity contribution in [2.45, 2.75) is 39.3 Å². The maximum absolute atomic E-state index is 4.62. The zero-order valence-electron chi connectivity index (χ0n) is 17.0. The largest absolute Gasteiger partial charge is 0.356 e. The van der Waals surface area contributed by atoms with E-state index in [1.807, 2.05) is 6.20 Å². The summed E-state index contributed by atoms with van der Waals surface area (Å²) in [7, 11) is 2.20. The van der Waals surface area contributed by atoms with Crippen molar-refractivity contribution in [3.05, 3.63) is 54.5 Å². The van der Waals surface area contributed by atoms with E-state index < -0.39 is 0 Å². The van der Waals surface area contributed by atoms with Gasteiger partial charge in [-0.3, -0.25) is 4.90 Å². The van der Waals surface area contributed by atoms with Crippen LogP contribution in [0, 0.1) is 10.8 Å². The van der Waals surface area contributed by atoms with Crippen LogP contribution in [-0.4, -0.2) is 46.0 Å². The van der Waals surface area contributed by atoms with Crippen LogP contribution in [0.25, 0.3) is 11.0 Å². The number of likely N-dealkylation sites (tertiary alicyclic amines) is 1. The van der Waals surface area contributed by atoms with Gasteiger partial charge in [0.25, 0.3) is 0 Å². The van der Waals surface area contributed by atoms with Gasteiger partial charge in [0.2, 0.25) is 0 Å². The molecule has 0 amide bonds. The lowest BCUT2D eigenvalue weighted by Crippen LogP contribution is -2.34. The van der Waals surface area contributed by atoms with Gasteiger partial charge < -0.3 is 9.88 Å². The van der Waals surface area contributed by atoms with Crippen LogP contribution in [0.3, 0.4) is 0 Å². The molecule has 0 radical (unpaired) electrons. The van der Waals surface area contributed by atoms with Crippen LogP contribution >= 0.6 is 0 Å². The predicted octanol–water partition coefficient (Wildman–Crippen LogP) is 4.08. The van der Waals surface area contributed by atoms with Crippen LogP contribution in [0.5, 0.6) is 0 Å². The number of nitrogens with zero attached hydrogens (tertiary/aromatic N) is 4. The average Bonchev–Trinajstić information content (AvgIpc) is 3.30. The van der Waals surface area contributed by atoms with Crippen molar-refractivity contribution in [3.63, 3.8) is 0 Å². The lowest BCUT2D eigenvalue weighted by atomic mass is 9.71. The van der Waals surface area contributed by atoms with Crippen molar-refractivity contribution < 1.29 is 0 Å². The van der Waals surface area contributed by atoms with Crippen molar-refractivity contribution in [2.75, 3.05) is 25.0 Å². The van der Waals surface area contributed by atoms with Gasteiger partial charge in [-0.2, -0.15) is 0 Å². The third-order valence-electron chi connectivity index (χ3n) is 7.44. The minimum absolute atomic E-state index is 0.338. The summed E-state index contributed by atoms with van der Waals surface area (Å²) in [6, 6.07) is 13.5. The summed E-state index contributed by atoms with van der Waals surface area (Å²) in [5.74, 6) is 1.05. The van der Waals surface area contributed by atoms with Crippen LogP contribution in [0.1, 0.15) is 32.3 Å². The van der Waals surface area contributed by atoms with Gasteiger partial charge in [-0.15, -0.1) is 0 Å². The van der Waals surface area contributed by atoms with Crippen molar-refractivity contribution in [3.8, 4) is 0 Å². The molecule has 3 heterocycles. The molecule has 3 atom stereocenters. The number of nitrogens with one attached hydrogen (secondary N) is 1. The standard InChI is InChI=1S/C23H29N5/c1-22-11-18(27(3)21-19-9-10-24-20(19)25-16-26-21)12-23(22,2)15-28(14-22)13-17-7-5-4-6-8-17/h4-10,16,18H,11-15H2,1-3H3,(H,24,25,26)/t18?,22-,23+. The first-order valence-corrected chi connectivity index (χ1v) is 10.2. The van der Waals surface area contributed by atoms with Crippen LogP contribution in [0.4, 0.5) is 5.82 Å². The molecule has 1 N–H and O–H groups in total. The smallest absolute Gasteiger partial charge is 0.142 e. The van der Waals surface area contributed by atoms with Gasteiger partial charge in [0.05, 0.1) is 5.39 Å². The minimum atomic E-state index is 0.338. The summed E-state index contributed by atoms with van der Waals surface area (Å²) < 4.78 is 0. The van der Waals surface area contributed by atoms with E-state index in [0.717, 1.165) is 23.4 Å². The average molecular weight is 376 g/mol. The lowest BCUT2D eigenvalue weighted by molar-refractivity contribution is 0.184. The number of aromatic amines is 1. The predicted molar refractivity (Wildman–Crippen MR) is 113 cm³/mol. The molecule has 2 fully saturated rings. The Hall–Kier alpha value is -2.40. The Morgan fingerprint density at radius 3 is 2.50 bits per heavy atom. The molecule has 1 aliphatic carbocycles. The molecule has 2 aliphatic rings. The molecule has 2 aromatic heterocycles. The van der Waals surface area contributed by atoms with E-state index in [4.69, 9.17) is 0 Å². The molecule has 5 heteroatoms. The molecule has 5 nitrogen and oxygen atoms in total. The molecule has 1 saturated heterocycles. The van der Waals surface area contributed by atoms with E-state index in [1.54, 1.807) is 6.33 Å². The Kier molecular flexibility index (Phi) is 3.98. The summed E-state index contributed by atoms with van der Waals surface area (Å²) in [6.45, 7) is 8.40. The molecule has 1 unspecified atom stereocenters. The van der Waals surface area contributed by atoms with E-state index in [2.05, 4.69) is 82.0 Å². The van der Waals surface area contributed by atoms with Gasteiger partial charge in [-0.05, 0) is 35.3 Å². The lowest BCUT2D eigenvalue weighted by Gasteiger charge is -2.32. The first-order chi connectivity index (χ1) is 13.5. The number of anilines is 1. The molecule has 146 valence electrons. The molecular formula is C23H29N5. The zero-order valence-corrected chi connectivity index (χ0v) is 17.0. The third-order valence-corrected chi connectivity index (χ3v) is 7.44. The molecular weight excluding hydrogens is 346 g/mol. The summed E-state index contributed by atoms with van der Waals surface area (Å²) >= 11 is 0. The second kappa shape index (κ2) is 6.31. The molecule has 5 rings (SSSR count). The number of aromatic nitrogens is 3. The van der Waals surface area contributed by atoms with Gasteiger partial charge >= 0.3 is 0 Å². The van der Waals surface area contributed by atoms with Crippen molar-refractivity contribution in [2.24, 2.45) is 10.8 Å². The van der Waals surface area contributed by atoms with E-state index >= 15 is 0 Å². The SMILES string of the molecule is CN(c1ncnc2[nH]ccc12)C1C[C@@]2(C)CN(Cc3ccccc3)C[C@@]2(C)C1. The normalized spacial score (nSPS) is 30.0. The zero-order chi connectivity index (χ0) is 19.4. The number of H-pyrrole nitrogens is 1. The van der Waals surface area contributed by atoms with E-state index in [9.17, 15) is 0 Å². The highest BCUT2D eigenvalue weighted by Crippen LogP contribution is 2.58. The minimum Gasteiger partial charge on any atom is -0.356 e. The Labute approximate surface area is 166 Å². The molecule has 1 saturated carbocycles. The van der Waals surface area contributed by atoms with Crippen LogP contribution in [-0.2, 0) is 6.54 Å². The maximum atomic E-state index is 4.62. The summed E-state index contributed by atoms with van der Waals surface area (Å²) in [5.41, 5.74) is 3.01. The summed E-state index contributed by atoms with van der Waals surface area (Å²) in [6.07, 6.45) is 6.04. The monoisotopic (exact) mass is 375 g/mol. The Balaban J connectivity index is 1.35. The second-order valence-corrected chi connectivity index (χ2v) is 9.36. The van der Waals surface area contributed by atoms with Crippen LogP contribution in [0.15, 0.2) is 48.9 Å². The van der Waals surface area contributed by atoms with Crippen molar-refractivity contribution >= 4 is 16.9 Å². The Morgan fingerprint density at radius 1 is 1.07 bits per heavy atom. The molecule has 28 heavy (non-hydrogen) atoms. The Morgan fingerprint density at radius 2 is 1.79 bits per heavy atom. The van der Waals surface area contributed by atoms with Crippen molar-refractivity contribution in [1.82, 2.24) is 19.9 Å². The molecule has 0 spiro atoms. The van der Waals surface area contributed by atoms with Gasteiger partial charge in [-0.25, -0.2) is 9.97 Å². The van der Waals surface area contributed by atoms with E-state index in [1.165, 1.54) is 31.5 Å². The van der Waals surface area contributed by atoms with Gasteiger partial charge in [0, 0.05) is 38.9 Å². The van der Waals surface area contributed by atoms with Crippen molar-refractivity contribution in [1.29, 1.82) is 0 Å². The summed E-state index contributed by atoms with van der Waals surface area (Å²) in [5, 5.41) is 1.11. The molecule has 3 aromatic rings. The number of hydrogen-bond acceptors (Lipinski definition) is 4. The quantitative estimate of drug-likeness (QED) is 0.746. The number of fused-ring (bicyclic) bond motifs is 2. The maximum Gasteiger partial charge on any atom is 0.142 e. The first kappa shape index (κ1) is 17.7. The third kappa shape index (κ3) is 2.72. The number of hydrogen-bond donors (Lipinski definition) is 1. The van der Waals surface area contributed by atoms with Gasteiger partial charge in [-0.1, -0.05) is 44.2 Å². The molecule has 1 aliphatic heterocycles. The van der Waals surface area contributed by atoms with Gasteiger partial charge in [0.15, 0.2) is 0 Å². The topological polar surface area (TPSA) is 48.1 Å². The highest BCUT2D eigenvalue weighted by molar-refractivity contribution is 5.87. The molecule has 1 aromatic carbocycles. The fourth-order valence-electron chi connectivity index (χ4n) is 5.70. The fourth-order valence-corrected chi connectivity index (χ4v) is 5.70. The fraction of sp³-hybridized carbons (Fsp3) is 0.478.